The lowest BCUT2D eigenvalue weighted by Gasteiger charge is -2.00. The van der Waals surface area contributed by atoms with Crippen LogP contribution in [0.25, 0.3) is 0 Å². The van der Waals surface area contributed by atoms with Gasteiger partial charge in [0.25, 0.3) is 0 Å². The summed E-state index contributed by atoms with van der Waals surface area (Å²) in [6.45, 7) is 0. The van der Waals surface area contributed by atoms with Gasteiger partial charge in [-0.15, -0.1) is 0 Å². The molecule has 0 saturated heterocycles. The van der Waals surface area contributed by atoms with E-state index in [4.69, 9.17) is 11.6 Å². The van der Waals surface area contributed by atoms with E-state index in [1.54, 1.807) is 0 Å². The van der Waals surface area contributed by atoms with E-state index in [0.717, 1.165) is 18.3 Å². The summed E-state index contributed by atoms with van der Waals surface area (Å²) in [5, 5.41) is 3.19. The number of nitrogens with zero attached hydrogens (tertiary/aromatic N) is 2. The van der Waals surface area contributed by atoms with E-state index in [9.17, 15) is 13.6 Å². The molecule has 2 aromatic rings. The minimum absolute atomic E-state index is 0.000298. The molecule has 20 heavy (non-hydrogen) atoms. The van der Waals surface area contributed by atoms with Crippen LogP contribution in [-0.2, 0) is 4.84 Å². The first-order valence-corrected chi connectivity index (χ1v) is 5.76. The van der Waals surface area contributed by atoms with Crippen LogP contribution in [0.4, 0.5) is 8.78 Å². The van der Waals surface area contributed by atoms with Crippen molar-refractivity contribution < 1.29 is 18.4 Å². The smallest absolute Gasteiger partial charge is 0.313 e. The Hall–Kier alpha value is -2.34. The normalized spacial score (nSPS) is 10.8. The summed E-state index contributed by atoms with van der Waals surface area (Å²) in [5.74, 6) is -2.51. The highest BCUT2D eigenvalue weighted by Gasteiger charge is 2.12. The lowest BCUT2D eigenvalue weighted by molar-refractivity contribution is 0.0518. The number of hydrogen-bond acceptors (Lipinski definition) is 4. The summed E-state index contributed by atoms with van der Waals surface area (Å²) < 4.78 is 26.5. The highest BCUT2D eigenvalue weighted by atomic mass is 35.5. The fourth-order valence-corrected chi connectivity index (χ4v) is 1.54. The average Bonchev–Trinajstić information content (AvgIpc) is 2.42. The molecule has 0 spiro atoms. The first kappa shape index (κ1) is 14.1. The minimum Gasteiger partial charge on any atom is -0.313 e. The molecule has 0 saturated carbocycles. The topological polar surface area (TPSA) is 51.5 Å². The number of benzene rings is 1. The Labute approximate surface area is 117 Å². The lowest BCUT2D eigenvalue weighted by atomic mass is 10.2. The van der Waals surface area contributed by atoms with Gasteiger partial charge in [0.05, 0.1) is 17.3 Å². The molecule has 0 atom stereocenters. The van der Waals surface area contributed by atoms with Crippen LogP contribution in [0.5, 0.6) is 0 Å². The van der Waals surface area contributed by atoms with E-state index in [2.05, 4.69) is 15.0 Å². The van der Waals surface area contributed by atoms with E-state index >= 15 is 0 Å². The van der Waals surface area contributed by atoms with Crippen molar-refractivity contribution in [2.24, 2.45) is 5.16 Å². The molecule has 0 aliphatic rings. The quantitative estimate of drug-likeness (QED) is 0.378. The third-order valence-electron chi connectivity index (χ3n) is 2.30. The second-order valence-corrected chi connectivity index (χ2v) is 3.95. The number of halogens is 3. The van der Waals surface area contributed by atoms with Crippen molar-refractivity contribution in [2.75, 3.05) is 0 Å². The van der Waals surface area contributed by atoms with Crippen LogP contribution >= 0.6 is 11.6 Å². The van der Waals surface area contributed by atoms with E-state index < -0.39 is 23.2 Å². The highest BCUT2D eigenvalue weighted by molar-refractivity contribution is 6.32. The third kappa shape index (κ3) is 3.16. The predicted octanol–water partition coefficient (Wildman–Crippen LogP) is 3.20. The fourth-order valence-electron chi connectivity index (χ4n) is 1.35. The van der Waals surface area contributed by atoms with Crippen LogP contribution in [0.2, 0.25) is 5.15 Å². The van der Waals surface area contributed by atoms with Gasteiger partial charge in [0.2, 0.25) is 0 Å². The summed E-state index contributed by atoms with van der Waals surface area (Å²) in [5.41, 5.74) is -0.405. The molecule has 0 fully saturated rings. The van der Waals surface area contributed by atoms with Crippen LogP contribution in [0, 0.1) is 11.6 Å². The number of aromatic nitrogens is 1. The minimum atomic E-state index is -0.879. The molecule has 1 heterocycles. The van der Waals surface area contributed by atoms with Crippen molar-refractivity contribution in [3.63, 3.8) is 0 Å². The van der Waals surface area contributed by atoms with Crippen LogP contribution in [0.3, 0.4) is 0 Å². The van der Waals surface area contributed by atoms with E-state index in [-0.39, 0.29) is 10.7 Å². The van der Waals surface area contributed by atoms with Crippen LogP contribution in [0.15, 0.2) is 41.7 Å². The molecule has 0 bridgehead atoms. The van der Waals surface area contributed by atoms with Crippen molar-refractivity contribution in [2.45, 2.75) is 0 Å². The Bertz CT molecular complexity index is 657. The number of rotatable bonds is 3. The van der Waals surface area contributed by atoms with Gasteiger partial charge in [-0.3, -0.25) is 0 Å². The van der Waals surface area contributed by atoms with Gasteiger partial charge < -0.3 is 4.84 Å². The van der Waals surface area contributed by atoms with E-state index in [1.165, 1.54) is 24.4 Å². The zero-order valence-electron chi connectivity index (χ0n) is 9.89. The molecule has 0 amide bonds. The Morgan fingerprint density at radius 2 is 1.95 bits per heavy atom. The maximum atomic E-state index is 13.3. The Balaban J connectivity index is 2.11. The molecule has 0 radical (unpaired) electrons. The SMILES string of the molecule is O=C(O/N=C\c1c(F)cccc1F)c1cccnc1Cl. The van der Waals surface area contributed by atoms with Gasteiger partial charge in [-0.2, -0.15) is 0 Å². The number of carbonyl (C=O) groups excluding carboxylic acids is 1. The number of hydrogen-bond donors (Lipinski definition) is 0. The number of pyridine rings is 1. The molecule has 0 aliphatic heterocycles. The molecular weight excluding hydrogens is 290 g/mol. The molecule has 1 aromatic heterocycles. The van der Waals surface area contributed by atoms with Gasteiger partial charge >= 0.3 is 5.97 Å². The second-order valence-electron chi connectivity index (χ2n) is 3.59. The van der Waals surface area contributed by atoms with Crippen LogP contribution in [-0.4, -0.2) is 17.2 Å². The van der Waals surface area contributed by atoms with Crippen molar-refractivity contribution in [1.29, 1.82) is 0 Å². The van der Waals surface area contributed by atoms with Crippen molar-refractivity contribution in [3.8, 4) is 0 Å². The maximum Gasteiger partial charge on any atom is 0.368 e. The van der Waals surface area contributed by atoms with Crippen LogP contribution in [0.1, 0.15) is 15.9 Å². The largest absolute Gasteiger partial charge is 0.368 e. The highest BCUT2D eigenvalue weighted by Crippen LogP contribution is 2.13. The van der Waals surface area contributed by atoms with Gasteiger partial charge in [-0.25, -0.2) is 18.6 Å². The second kappa shape index (κ2) is 6.21. The van der Waals surface area contributed by atoms with Gasteiger partial charge in [0.15, 0.2) is 0 Å². The molecule has 1 aromatic carbocycles. The Kier molecular flexibility index (Phi) is 4.37. The first-order chi connectivity index (χ1) is 9.59. The molecule has 102 valence electrons. The molecule has 0 aliphatic carbocycles. The number of carbonyl (C=O) groups is 1. The van der Waals surface area contributed by atoms with Gasteiger partial charge in [0, 0.05) is 6.20 Å². The van der Waals surface area contributed by atoms with E-state index in [1.807, 2.05) is 0 Å². The van der Waals surface area contributed by atoms with Gasteiger partial charge in [-0.05, 0) is 24.3 Å². The predicted molar refractivity (Wildman–Crippen MR) is 68.6 cm³/mol. The fraction of sp³-hybridized carbons (Fsp3) is 0. The first-order valence-electron chi connectivity index (χ1n) is 5.39. The molecule has 2 rings (SSSR count). The van der Waals surface area contributed by atoms with Crippen molar-refractivity contribution in [1.82, 2.24) is 4.98 Å². The zero-order chi connectivity index (χ0) is 14.5. The maximum absolute atomic E-state index is 13.3. The van der Waals surface area contributed by atoms with E-state index in [0.29, 0.717) is 0 Å². The van der Waals surface area contributed by atoms with Crippen LogP contribution < -0.4 is 0 Å². The molecular formula is C13H7ClF2N2O2. The molecule has 0 unspecified atom stereocenters. The summed E-state index contributed by atoms with van der Waals surface area (Å²) >= 11 is 5.68. The summed E-state index contributed by atoms with van der Waals surface area (Å²) in [4.78, 5) is 19.8. The number of oxime groups is 1. The van der Waals surface area contributed by atoms with Gasteiger partial charge in [-0.1, -0.05) is 22.8 Å². The monoisotopic (exact) mass is 296 g/mol. The molecule has 7 heteroatoms. The summed E-state index contributed by atoms with van der Waals surface area (Å²) in [7, 11) is 0. The third-order valence-corrected chi connectivity index (χ3v) is 2.60. The van der Waals surface area contributed by atoms with Crippen molar-refractivity contribution in [3.05, 3.63) is 64.4 Å². The van der Waals surface area contributed by atoms with Crippen molar-refractivity contribution >= 4 is 23.8 Å². The zero-order valence-corrected chi connectivity index (χ0v) is 10.6. The molecule has 4 nitrogen and oxygen atoms in total. The Morgan fingerprint density at radius 3 is 2.60 bits per heavy atom. The average molecular weight is 297 g/mol. The Morgan fingerprint density at radius 1 is 1.25 bits per heavy atom. The summed E-state index contributed by atoms with van der Waals surface area (Å²) in [6, 6.07) is 6.21. The lowest BCUT2D eigenvalue weighted by Crippen LogP contribution is -2.03. The summed E-state index contributed by atoms with van der Waals surface area (Å²) in [6.07, 6.45) is 2.17. The standard InChI is InChI=1S/C13H7ClF2N2O2/c14-12-8(3-2-6-17-12)13(19)20-18-7-9-10(15)4-1-5-11(9)16/h1-7H/b18-7-. The van der Waals surface area contributed by atoms with Gasteiger partial charge in [0.1, 0.15) is 16.8 Å². The molecule has 0 N–H and O–H groups in total.